The van der Waals surface area contributed by atoms with E-state index in [4.69, 9.17) is 0 Å². The molecule has 252 valence electrons. The number of fused-ring (bicyclic) bond motifs is 9. The molecule has 0 amide bonds. The highest BCUT2D eigenvalue weighted by Gasteiger charge is 2.47. The van der Waals surface area contributed by atoms with Gasteiger partial charge in [0.2, 0.25) is 0 Å². The van der Waals surface area contributed by atoms with Crippen molar-refractivity contribution in [3.8, 4) is 11.1 Å². The second kappa shape index (κ2) is 11.5. The number of rotatable bonds is 4. The molecule has 0 spiro atoms. The molecule has 1 aliphatic heterocycles. The lowest BCUT2D eigenvalue weighted by Gasteiger charge is -2.44. The molecule has 9 aromatic rings. The molecular formula is C50H37N3. The second-order valence-electron chi connectivity index (χ2n) is 14.6. The standard InChI is InChI=1S/C50H37N3/c1-52-45-28-16-14-26-43(45)51-49(48(52)34-18-5-2-6-19-34)53-44-27-15-13-25-38(44)39-31-40-42(32-46(39)53)50(35-20-7-3-8-21-35,36-22-9-4-10-23-36)41-30-29-33-17-11-12-24-37(33)47(40)41/h2-32,48-49,51H,1H3. The van der Waals surface area contributed by atoms with E-state index >= 15 is 0 Å². The average Bonchev–Trinajstić information content (AvgIpc) is 3.71. The van der Waals surface area contributed by atoms with Crippen LogP contribution in [0, 0.1) is 0 Å². The number of nitrogens with one attached hydrogen (secondary N) is 1. The van der Waals surface area contributed by atoms with Gasteiger partial charge in [-0.3, -0.25) is 0 Å². The van der Waals surface area contributed by atoms with Crippen LogP contribution in [0.1, 0.15) is 40.0 Å². The van der Waals surface area contributed by atoms with Gasteiger partial charge >= 0.3 is 0 Å². The van der Waals surface area contributed by atoms with Crippen LogP contribution in [0.15, 0.2) is 188 Å². The number of aromatic nitrogens is 1. The zero-order valence-corrected chi connectivity index (χ0v) is 29.4. The first-order valence-electron chi connectivity index (χ1n) is 18.6. The molecule has 1 aromatic heterocycles. The molecule has 0 radical (unpaired) electrons. The summed E-state index contributed by atoms with van der Waals surface area (Å²) in [4.78, 5) is 2.46. The fourth-order valence-electron chi connectivity index (χ4n) is 9.81. The fraction of sp³-hybridized carbons (Fsp3) is 0.0800. The third kappa shape index (κ3) is 4.16. The minimum atomic E-state index is -0.519. The number of benzene rings is 8. The van der Waals surface area contributed by atoms with Crippen LogP contribution in [0.25, 0.3) is 43.7 Å². The minimum absolute atomic E-state index is 0.0347. The summed E-state index contributed by atoms with van der Waals surface area (Å²) >= 11 is 0. The van der Waals surface area contributed by atoms with E-state index in [0.717, 1.165) is 5.69 Å². The Labute approximate surface area is 309 Å². The third-order valence-corrected chi connectivity index (χ3v) is 12.0. The number of nitrogens with zero attached hydrogens (tertiary/aromatic N) is 2. The second-order valence-corrected chi connectivity index (χ2v) is 14.6. The molecule has 2 atom stereocenters. The number of hydrogen-bond acceptors (Lipinski definition) is 2. The Bertz CT molecular complexity index is 2800. The van der Waals surface area contributed by atoms with Gasteiger partial charge in [-0.05, 0) is 80.0 Å². The van der Waals surface area contributed by atoms with E-state index in [-0.39, 0.29) is 12.2 Å². The normalized spacial score (nSPS) is 17.0. The molecule has 3 heteroatoms. The first-order chi connectivity index (χ1) is 26.2. The molecule has 8 aromatic carbocycles. The monoisotopic (exact) mass is 679 g/mol. The highest BCUT2D eigenvalue weighted by molar-refractivity contribution is 6.13. The van der Waals surface area contributed by atoms with E-state index in [1.54, 1.807) is 0 Å². The molecule has 0 saturated heterocycles. The van der Waals surface area contributed by atoms with E-state index in [1.807, 2.05) is 0 Å². The summed E-state index contributed by atoms with van der Waals surface area (Å²) in [6.07, 6.45) is -0.0924. The zero-order chi connectivity index (χ0) is 35.1. The SMILES string of the molecule is CN1c2ccccc2NC(n2c3ccccc3c3cc4c(cc32)C(c2ccccc2)(c2ccccc2)c2ccc3ccccc3c2-4)C1c1ccccc1. The Hall–Kier alpha value is -6.58. The lowest BCUT2D eigenvalue weighted by molar-refractivity contribution is 0.458. The zero-order valence-electron chi connectivity index (χ0n) is 29.4. The largest absolute Gasteiger partial charge is 0.362 e. The number of likely N-dealkylation sites (N-methyl/N-ethyl adjacent to an activating group) is 1. The molecule has 0 saturated carbocycles. The first kappa shape index (κ1) is 30.1. The highest BCUT2D eigenvalue weighted by Crippen LogP contribution is 2.59. The number of para-hydroxylation sites is 3. The van der Waals surface area contributed by atoms with Crippen molar-refractivity contribution >= 4 is 44.0 Å². The maximum Gasteiger partial charge on any atom is 0.129 e. The predicted molar refractivity (Wildman–Crippen MR) is 221 cm³/mol. The van der Waals surface area contributed by atoms with Crippen molar-refractivity contribution in [2.75, 3.05) is 17.3 Å². The van der Waals surface area contributed by atoms with Crippen molar-refractivity contribution < 1.29 is 0 Å². The maximum atomic E-state index is 4.08. The molecule has 1 aliphatic carbocycles. The van der Waals surface area contributed by atoms with E-state index < -0.39 is 5.41 Å². The van der Waals surface area contributed by atoms with E-state index in [1.165, 1.54) is 77.2 Å². The Morgan fingerprint density at radius 3 is 1.89 bits per heavy atom. The van der Waals surface area contributed by atoms with Crippen LogP contribution in [-0.2, 0) is 5.41 Å². The van der Waals surface area contributed by atoms with Crippen LogP contribution in [-0.4, -0.2) is 11.6 Å². The molecule has 11 rings (SSSR count). The van der Waals surface area contributed by atoms with E-state index in [0.29, 0.717) is 0 Å². The van der Waals surface area contributed by atoms with Crippen molar-refractivity contribution in [1.82, 2.24) is 4.57 Å². The van der Waals surface area contributed by atoms with Gasteiger partial charge in [-0.1, -0.05) is 158 Å². The van der Waals surface area contributed by atoms with Crippen molar-refractivity contribution in [1.29, 1.82) is 0 Å². The Morgan fingerprint density at radius 2 is 1.13 bits per heavy atom. The van der Waals surface area contributed by atoms with Crippen molar-refractivity contribution in [3.05, 3.63) is 216 Å². The van der Waals surface area contributed by atoms with Gasteiger partial charge in [0.15, 0.2) is 0 Å². The first-order valence-corrected chi connectivity index (χ1v) is 18.6. The van der Waals surface area contributed by atoms with Gasteiger partial charge in [0.1, 0.15) is 6.17 Å². The van der Waals surface area contributed by atoms with E-state index in [2.05, 4.69) is 210 Å². The summed E-state index contributed by atoms with van der Waals surface area (Å²) in [6.45, 7) is 0. The molecule has 2 heterocycles. The summed E-state index contributed by atoms with van der Waals surface area (Å²) in [6, 6.07) is 69.7. The smallest absolute Gasteiger partial charge is 0.129 e. The molecular weight excluding hydrogens is 643 g/mol. The quantitative estimate of drug-likeness (QED) is 0.200. The summed E-state index contributed by atoms with van der Waals surface area (Å²) in [5.74, 6) is 0. The minimum Gasteiger partial charge on any atom is -0.362 e. The lowest BCUT2D eigenvalue weighted by atomic mass is 9.67. The molecule has 3 nitrogen and oxygen atoms in total. The summed E-state index contributed by atoms with van der Waals surface area (Å²) in [5.41, 5.74) is 13.4. The van der Waals surface area contributed by atoms with Gasteiger partial charge < -0.3 is 14.8 Å². The van der Waals surface area contributed by atoms with Crippen LogP contribution in [0.3, 0.4) is 0 Å². The van der Waals surface area contributed by atoms with Gasteiger partial charge in [0.05, 0.1) is 33.9 Å². The lowest BCUT2D eigenvalue weighted by Crippen LogP contribution is -2.40. The average molecular weight is 680 g/mol. The Kier molecular flexibility index (Phi) is 6.51. The third-order valence-electron chi connectivity index (χ3n) is 12.0. The highest BCUT2D eigenvalue weighted by atomic mass is 15.3. The molecule has 2 aliphatic rings. The summed E-state index contributed by atoms with van der Waals surface area (Å²) in [7, 11) is 2.24. The molecule has 2 unspecified atom stereocenters. The van der Waals surface area contributed by atoms with Crippen LogP contribution in [0.2, 0.25) is 0 Å². The summed E-state index contributed by atoms with van der Waals surface area (Å²) in [5, 5.41) is 9.16. The topological polar surface area (TPSA) is 20.2 Å². The fourth-order valence-corrected chi connectivity index (χ4v) is 9.81. The van der Waals surface area contributed by atoms with E-state index in [9.17, 15) is 0 Å². The molecule has 0 bridgehead atoms. The number of anilines is 2. The van der Waals surface area contributed by atoms with Gasteiger partial charge in [-0.25, -0.2) is 0 Å². The van der Waals surface area contributed by atoms with Crippen LogP contribution in [0.5, 0.6) is 0 Å². The predicted octanol–water partition coefficient (Wildman–Crippen LogP) is 12.1. The maximum absolute atomic E-state index is 4.08. The van der Waals surface area contributed by atoms with Gasteiger partial charge in [-0.2, -0.15) is 0 Å². The molecule has 53 heavy (non-hydrogen) atoms. The molecule has 1 N–H and O–H groups in total. The summed E-state index contributed by atoms with van der Waals surface area (Å²) < 4.78 is 2.59. The number of hydrogen-bond donors (Lipinski definition) is 1. The van der Waals surface area contributed by atoms with Crippen LogP contribution < -0.4 is 10.2 Å². The van der Waals surface area contributed by atoms with Crippen molar-refractivity contribution in [3.63, 3.8) is 0 Å². The Balaban J connectivity index is 1.29. The Morgan fingerprint density at radius 1 is 0.509 bits per heavy atom. The van der Waals surface area contributed by atoms with Gasteiger partial charge in [0.25, 0.3) is 0 Å². The van der Waals surface area contributed by atoms with Crippen molar-refractivity contribution in [2.24, 2.45) is 0 Å². The van der Waals surface area contributed by atoms with Gasteiger partial charge in [0, 0.05) is 17.8 Å². The molecule has 0 fully saturated rings. The van der Waals surface area contributed by atoms with Crippen molar-refractivity contribution in [2.45, 2.75) is 17.6 Å². The van der Waals surface area contributed by atoms with Gasteiger partial charge in [-0.15, -0.1) is 0 Å². The van der Waals surface area contributed by atoms with Crippen LogP contribution in [0.4, 0.5) is 11.4 Å². The van der Waals surface area contributed by atoms with Crippen LogP contribution >= 0.6 is 0 Å².